The zero-order chi connectivity index (χ0) is 87.7. The number of carbonyl (C=O) groups is 8. The third-order valence-electron chi connectivity index (χ3n) is 22.3. The van der Waals surface area contributed by atoms with Crippen LogP contribution in [0.3, 0.4) is 0 Å². The first-order valence-corrected chi connectivity index (χ1v) is 42.1. The molecule has 8 aliphatic heterocycles. The summed E-state index contributed by atoms with van der Waals surface area (Å²) < 4.78 is 108. The van der Waals surface area contributed by atoms with Crippen LogP contribution in [0.5, 0.6) is 0 Å². The summed E-state index contributed by atoms with van der Waals surface area (Å²) in [5.41, 5.74) is -8.16. The van der Waals surface area contributed by atoms with Crippen LogP contribution in [0.1, 0.15) is 309 Å². The van der Waals surface area contributed by atoms with E-state index < -0.39 is 206 Å². The van der Waals surface area contributed by atoms with E-state index in [1.54, 1.807) is 27.7 Å². The SMILES string of the molecule is CC1(C)CC(OC(=O)OC(CCCC(=O)OCC(C)(C)C2OCC3(CO2)COC(C(C)(C)COC(=O)CCCC(OC(=O)OC2CC(C)(C)NC(C)(C)C2)(OC(=O)OC2CC(C)(C)NC(C)(C)C2)OC(=O)OC2CC(C)(C)NC(C)(C)C2)OC3)(OC(=O)OC2CC(C)(C)NC(C)(C)C2)OC(=O)OC2CC(C)(C)NC(C)(C)C2)CC(C)(C)N1. The van der Waals surface area contributed by atoms with Gasteiger partial charge in [0.1, 0.15) is 49.8 Å². The van der Waals surface area contributed by atoms with E-state index in [1.165, 1.54) is 0 Å². The molecule has 6 N–H and O–H groups in total. The van der Waals surface area contributed by atoms with Crippen molar-refractivity contribution in [3.05, 3.63) is 0 Å². The first-order chi connectivity index (χ1) is 53.1. The molecule has 0 aromatic rings. The van der Waals surface area contributed by atoms with Crippen molar-refractivity contribution in [1.29, 1.82) is 0 Å². The van der Waals surface area contributed by atoms with Gasteiger partial charge in [0.2, 0.25) is 0 Å². The van der Waals surface area contributed by atoms with Crippen molar-refractivity contribution in [3.8, 4) is 0 Å². The van der Waals surface area contributed by atoms with Crippen molar-refractivity contribution in [3.63, 3.8) is 0 Å². The van der Waals surface area contributed by atoms with Gasteiger partial charge < -0.3 is 117 Å². The van der Waals surface area contributed by atoms with Crippen molar-refractivity contribution in [2.75, 3.05) is 39.6 Å². The van der Waals surface area contributed by atoms with Crippen LogP contribution >= 0.6 is 0 Å². The lowest BCUT2D eigenvalue weighted by atomic mass is 9.81. The average molecular weight is 1670 g/mol. The Balaban J connectivity index is 0.879. The van der Waals surface area contributed by atoms with Gasteiger partial charge in [-0.25, -0.2) is 28.8 Å². The number of hydrogen-bond donors (Lipinski definition) is 6. The van der Waals surface area contributed by atoms with Gasteiger partial charge in [-0.3, -0.25) is 9.59 Å². The molecule has 0 radical (unpaired) electrons. The van der Waals surface area contributed by atoms with Gasteiger partial charge in [0.25, 0.3) is 0 Å². The summed E-state index contributed by atoms with van der Waals surface area (Å²) in [5, 5.41) is 21.3. The molecule has 1 spiro atoms. The highest BCUT2D eigenvalue weighted by atomic mass is 17.0. The molecular weight excluding hydrogens is 1520 g/mol. The fourth-order valence-corrected chi connectivity index (χ4v) is 20.0. The maximum Gasteiger partial charge on any atom is 0.514 e. The molecule has 117 heavy (non-hydrogen) atoms. The third kappa shape index (κ3) is 30.3. The monoisotopic (exact) mass is 1670 g/mol. The third-order valence-corrected chi connectivity index (χ3v) is 22.3. The molecular formula is C85H146N6O26. The highest BCUT2D eigenvalue weighted by Gasteiger charge is 2.55. The van der Waals surface area contributed by atoms with Crippen LogP contribution in [-0.4, -0.2) is 216 Å². The fraction of sp³-hybridized carbons (Fsp3) is 0.906. The normalized spacial score (nSPS) is 26.9. The molecule has 8 saturated heterocycles. The van der Waals surface area contributed by atoms with Crippen LogP contribution < -0.4 is 31.9 Å². The quantitative estimate of drug-likeness (QED) is 0.0266. The first-order valence-electron chi connectivity index (χ1n) is 42.1. The van der Waals surface area contributed by atoms with E-state index in [0.717, 1.165) is 0 Å². The summed E-state index contributed by atoms with van der Waals surface area (Å²) >= 11 is 0. The topological polar surface area (TPSA) is 375 Å². The number of rotatable bonds is 26. The Kier molecular flexibility index (Phi) is 29.4. The Morgan fingerprint density at radius 2 is 0.444 bits per heavy atom. The van der Waals surface area contributed by atoms with Crippen LogP contribution in [0, 0.1) is 16.2 Å². The number of esters is 2. The molecule has 0 aromatic heterocycles. The summed E-state index contributed by atoms with van der Waals surface area (Å²) in [5.74, 6) is -7.14. The van der Waals surface area contributed by atoms with Gasteiger partial charge in [-0.05, 0) is 179 Å². The van der Waals surface area contributed by atoms with Crippen molar-refractivity contribution in [2.45, 2.75) is 437 Å². The van der Waals surface area contributed by atoms with Crippen molar-refractivity contribution >= 4 is 48.9 Å². The van der Waals surface area contributed by atoms with Gasteiger partial charge in [0.05, 0.1) is 44.7 Å². The van der Waals surface area contributed by atoms with Crippen LogP contribution in [-0.2, 0) is 94.9 Å². The summed E-state index contributed by atoms with van der Waals surface area (Å²) in [6.07, 6.45) is -11.2. The molecule has 672 valence electrons. The lowest BCUT2D eigenvalue weighted by Gasteiger charge is -2.48. The van der Waals surface area contributed by atoms with Crippen molar-refractivity contribution < 1.29 is 124 Å². The predicted octanol–water partition coefficient (Wildman–Crippen LogP) is 14.3. The van der Waals surface area contributed by atoms with E-state index >= 15 is 0 Å². The minimum absolute atomic E-state index is 0.128. The lowest BCUT2D eigenvalue weighted by molar-refractivity contribution is -0.337. The zero-order valence-electron chi connectivity index (χ0n) is 75.7. The van der Waals surface area contributed by atoms with E-state index in [1.807, 2.05) is 166 Å². The molecule has 8 rings (SSSR count). The first kappa shape index (κ1) is 96.6. The minimum Gasteiger partial charge on any atom is -0.465 e. The zero-order valence-corrected chi connectivity index (χ0v) is 75.7. The average Bonchev–Trinajstić information content (AvgIpc) is 0.782. The Morgan fingerprint density at radius 1 is 0.282 bits per heavy atom. The highest BCUT2D eigenvalue weighted by molar-refractivity contribution is 5.70. The molecule has 0 amide bonds. The molecule has 0 aliphatic carbocycles. The van der Waals surface area contributed by atoms with Gasteiger partial charge in [-0.15, -0.1) is 0 Å². The van der Waals surface area contributed by atoms with Crippen LogP contribution in [0.4, 0.5) is 28.8 Å². The second kappa shape index (κ2) is 35.5. The number of hydrogen-bond acceptors (Lipinski definition) is 32. The number of carbonyl (C=O) groups excluding carboxylic acids is 8. The smallest absolute Gasteiger partial charge is 0.465 e. The number of ether oxygens (including phenoxy) is 18. The molecule has 8 aliphatic rings. The summed E-state index contributed by atoms with van der Waals surface area (Å²) in [6.45, 7) is 54.9. The standard InChI is InChI=1S/C85H146N6O26/c1-69(2,47-100-59(92)31-29-33-84(112-63(94)106-53-35-71(5,6)86-72(7,8)36-53,113-64(95)107-54-37-73(9,10)87-74(11,12)38-54)114-65(96)108-55-39-75(13,14)88-76(15,16)40-55)61-102-49-83(50-103-61)51-104-62(105-52-83)70(3,4)48-101-60(93)32-30-34-85(115-66(97)109-56-41-77(17,18)89-78(19,20)42-56,116-67(98)110-57-43-79(21,22)90-80(23,24)44-57)117-68(99)111-58-45-81(25,26)91-82(27,28)46-58/h53-58,61-62,86-91H,29-52H2,1-28H3. The van der Waals surface area contributed by atoms with E-state index in [0.29, 0.717) is 77.0 Å². The molecule has 0 aromatic carbocycles. The van der Waals surface area contributed by atoms with Gasteiger partial charge in [0.15, 0.2) is 12.6 Å². The Bertz CT molecular complexity index is 2890. The van der Waals surface area contributed by atoms with E-state index in [4.69, 9.17) is 85.3 Å². The van der Waals surface area contributed by atoms with Crippen molar-refractivity contribution in [1.82, 2.24) is 31.9 Å². The largest absolute Gasteiger partial charge is 0.514 e. The summed E-state index contributed by atoms with van der Waals surface area (Å²) in [7, 11) is 0. The lowest BCUT2D eigenvalue weighted by Crippen LogP contribution is -2.60. The predicted molar refractivity (Wildman–Crippen MR) is 428 cm³/mol. The maximum atomic E-state index is 14.2. The molecule has 0 bridgehead atoms. The van der Waals surface area contributed by atoms with Crippen LogP contribution in [0.25, 0.3) is 0 Å². The van der Waals surface area contributed by atoms with E-state index in [9.17, 15) is 38.4 Å². The minimum atomic E-state index is -2.87. The van der Waals surface area contributed by atoms with Crippen molar-refractivity contribution in [2.24, 2.45) is 16.2 Å². The molecule has 0 saturated carbocycles. The van der Waals surface area contributed by atoms with E-state index in [-0.39, 0.29) is 65.3 Å². The Morgan fingerprint density at radius 3 is 0.607 bits per heavy atom. The highest BCUT2D eigenvalue weighted by Crippen LogP contribution is 2.43. The Labute approximate surface area is 694 Å². The molecule has 0 unspecified atom stereocenters. The van der Waals surface area contributed by atoms with E-state index in [2.05, 4.69) is 31.9 Å². The van der Waals surface area contributed by atoms with Crippen LogP contribution in [0.2, 0.25) is 0 Å². The fourth-order valence-electron chi connectivity index (χ4n) is 20.0. The molecule has 32 heteroatoms. The summed E-state index contributed by atoms with van der Waals surface area (Å²) in [6, 6.07) is 0. The van der Waals surface area contributed by atoms with Gasteiger partial charge in [-0.1, -0.05) is 27.7 Å². The van der Waals surface area contributed by atoms with Crippen LogP contribution in [0.15, 0.2) is 0 Å². The molecule has 0 atom stereocenters. The number of nitrogens with one attached hydrogen (secondary N) is 6. The maximum absolute atomic E-state index is 14.2. The summed E-state index contributed by atoms with van der Waals surface area (Å²) in [4.78, 5) is 113. The Hall–Kier alpha value is -5.84. The van der Waals surface area contributed by atoms with Gasteiger partial charge in [0, 0.05) is 167 Å². The van der Waals surface area contributed by atoms with Gasteiger partial charge >= 0.3 is 60.8 Å². The molecule has 8 fully saturated rings. The molecule has 8 heterocycles. The second-order valence-corrected chi connectivity index (χ2v) is 44.1. The van der Waals surface area contributed by atoms with Gasteiger partial charge in [-0.2, -0.15) is 0 Å². The molecule has 32 nitrogen and oxygen atoms in total. The number of piperidine rings is 6. The second-order valence-electron chi connectivity index (χ2n) is 44.1.